The van der Waals surface area contributed by atoms with Gasteiger partial charge < -0.3 is 9.88 Å². The highest BCUT2D eigenvalue weighted by atomic mass is 15.2. The van der Waals surface area contributed by atoms with Crippen LogP contribution in [0.4, 0.5) is 5.69 Å². The highest BCUT2D eigenvalue weighted by Gasteiger charge is 2.25. The Morgan fingerprint density at radius 1 is 0.816 bits per heavy atom. The van der Waals surface area contributed by atoms with E-state index in [-0.39, 0.29) is 6.17 Å². The summed E-state index contributed by atoms with van der Waals surface area (Å²) >= 11 is 0. The van der Waals surface area contributed by atoms with Crippen LogP contribution in [0.25, 0.3) is 17.2 Å². The number of aromatic amines is 1. The van der Waals surface area contributed by atoms with Crippen LogP contribution in [-0.2, 0) is 6.54 Å². The second-order valence-corrected chi connectivity index (χ2v) is 10.4. The van der Waals surface area contributed by atoms with Gasteiger partial charge in [-0.2, -0.15) is 0 Å². The number of rotatable bonds is 5. The van der Waals surface area contributed by atoms with Crippen molar-refractivity contribution in [1.29, 1.82) is 0 Å². The number of aromatic nitrogens is 2. The number of piperidine rings is 1. The van der Waals surface area contributed by atoms with E-state index in [0.29, 0.717) is 5.92 Å². The Labute approximate surface area is 222 Å². The maximum Gasteiger partial charge on any atom is 0.151 e. The van der Waals surface area contributed by atoms with E-state index >= 15 is 0 Å². The van der Waals surface area contributed by atoms with Gasteiger partial charge in [0.2, 0.25) is 0 Å². The second-order valence-electron chi connectivity index (χ2n) is 10.4. The topological polar surface area (TPSA) is 47.5 Å². The molecule has 2 atom stereocenters. The van der Waals surface area contributed by atoms with Crippen molar-refractivity contribution in [3.63, 3.8) is 0 Å². The number of nitrogens with one attached hydrogen (secondary N) is 1. The summed E-state index contributed by atoms with van der Waals surface area (Å²) in [6.07, 6.45) is 4.54. The molecule has 0 spiro atoms. The minimum absolute atomic E-state index is 0.0800. The number of likely N-dealkylation sites (tertiary alicyclic amines) is 1. The van der Waals surface area contributed by atoms with Gasteiger partial charge in [-0.1, -0.05) is 72.8 Å². The number of anilines is 1. The number of hydrogen-bond acceptors (Lipinski definition) is 4. The first-order chi connectivity index (χ1) is 18.8. The lowest BCUT2D eigenvalue weighted by Crippen LogP contribution is -2.37. The molecule has 38 heavy (non-hydrogen) atoms. The molecule has 2 aliphatic rings. The molecule has 5 aromatic rings. The highest BCUT2D eigenvalue weighted by molar-refractivity contribution is 5.74. The number of fused-ring (bicyclic) bond motifs is 2. The first kappa shape index (κ1) is 22.9. The van der Waals surface area contributed by atoms with E-state index < -0.39 is 0 Å². The van der Waals surface area contributed by atoms with Gasteiger partial charge in [0.25, 0.3) is 0 Å². The molecule has 1 fully saturated rings. The van der Waals surface area contributed by atoms with Crippen molar-refractivity contribution in [3.8, 4) is 0 Å². The van der Waals surface area contributed by atoms with Crippen LogP contribution in [0.15, 0.2) is 108 Å². The van der Waals surface area contributed by atoms with Crippen LogP contribution in [0, 0.1) is 0 Å². The Balaban J connectivity index is 1.10. The fourth-order valence-corrected chi connectivity index (χ4v) is 5.82. The predicted octanol–water partition coefficient (Wildman–Crippen LogP) is 5.52. The van der Waals surface area contributed by atoms with Gasteiger partial charge in [0, 0.05) is 36.1 Å². The van der Waals surface area contributed by atoms with Gasteiger partial charge in [0.1, 0.15) is 5.82 Å². The fraction of sp³-hybridized carbons (Fsp3) is 0.212. The van der Waals surface area contributed by atoms with Gasteiger partial charge in [-0.3, -0.25) is 9.89 Å². The molecule has 4 aromatic carbocycles. The van der Waals surface area contributed by atoms with Crippen LogP contribution in [0.3, 0.4) is 0 Å². The van der Waals surface area contributed by atoms with Crippen molar-refractivity contribution >= 4 is 22.9 Å². The van der Waals surface area contributed by atoms with Crippen molar-refractivity contribution in [2.24, 2.45) is 4.99 Å². The molecule has 7 rings (SSSR count). The van der Waals surface area contributed by atoms with Crippen molar-refractivity contribution in [3.05, 3.63) is 131 Å². The number of imidazole rings is 1. The smallest absolute Gasteiger partial charge is 0.151 e. The maximum atomic E-state index is 5.12. The molecule has 0 saturated carbocycles. The second kappa shape index (κ2) is 9.92. The van der Waals surface area contributed by atoms with E-state index in [4.69, 9.17) is 9.98 Å². The van der Waals surface area contributed by atoms with Gasteiger partial charge in [0.05, 0.1) is 16.4 Å². The first-order valence-corrected chi connectivity index (χ1v) is 13.5. The molecule has 0 aliphatic carbocycles. The SMILES string of the molecule is C1=c2ccccc2=NC(c2ccccc2)N1c1ccc(CN2CCCC(c3nc4ccccc4[nH]3)C2)cc1. The fourth-order valence-electron chi connectivity index (χ4n) is 5.82. The molecule has 2 unspecified atom stereocenters. The van der Waals surface area contributed by atoms with E-state index in [1.807, 2.05) is 0 Å². The lowest BCUT2D eigenvalue weighted by atomic mass is 9.97. The first-order valence-electron chi connectivity index (χ1n) is 13.5. The third kappa shape index (κ3) is 4.50. The third-order valence-electron chi connectivity index (χ3n) is 7.78. The van der Waals surface area contributed by atoms with E-state index in [1.165, 1.54) is 24.0 Å². The highest BCUT2D eigenvalue weighted by Crippen LogP contribution is 2.31. The van der Waals surface area contributed by atoms with Gasteiger partial charge in [0.15, 0.2) is 6.17 Å². The Morgan fingerprint density at radius 3 is 2.47 bits per heavy atom. The standard InChI is InChI=1S/C33H31N5/c1-2-9-25(10-3-1)33-36-29-13-5-4-11-26(29)23-38(33)28-18-16-24(17-19-28)21-37-20-8-12-27(22-37)32-34-30-14-6-7-15-31(30)35-32/h1-7,9-11,13-19,23,27,33H,8,12,20-22H2,(H,34,35). The Kier molecular flexibility index (Phi) is 5.99. The average molecular weight is 498 g/mol. The molecule has 5 heteroatoms. The molecule has 1 aromatic heterocycles. The van der Waals surface area contributed by atoms with Crippen LogP contribution >= 0.6 is 0 Å². The quantitative estimate of drug-likeness (QED) is 0.348. The summed E-state index contributed by atoms with van der Waals surface area (Å²) in [7, 11) is 0. The number of H-pyrrole nitrogens is 1. The van der Waals surface area contributed by atoms with Crippen molar-refractivity contribution in [2.45, 2.75) is 31.5 Å². The summed E-state index contributed by atoms with van der Waals surface area (Å²) in [5.74, 6) is 1.58. The zero-order valence-electron chi connectivity index (χ0n) is 21.4. The number of para-hydroxylation sites is 3. The van der Waals surface area contributed by atoms with Crippen LogP contribution in [-0.4, -0.2) is 28.0 Å². The van der Waals surface area contributed by atoms with Crippen LogP contribution < -0.4 is 15.5 Å². The minimum Gasteiger partial charge on any atom is -0.342 e. The number of nitrogens with zero attached hydrogens (tertiary/aromatic N) is 4. The molecular formula is C33H31N5. The minimum atomic E-state index is -0.0800. The van der Waals surface area contributed by atoms with Gasteiger partial charge in [-0.15, -0.1) is 0 Å². The van der Waals surface area contributed by atoms with Crippen molar-refractivity contribution < 1.29 is 0 Å². The summed E-state index contributed by atoms with van der Waals surface area (Å²) in [5.41, 5.74) is 5.87. The average Bonchev–Trinajstić information content (AvgIpc) is 3.42. The van der Waals surface area contributed by atoms with Crippen LogP contribution in [0.2, 0.25) is 0 Å². The lowest BCUT2D eigenvalue weighted by Gasteiger charge is -2.32. The van der Waals surface area contributed by atoms with Crippen molar-refractivity contribution in [1.82, 2.24) is 14.9 Å². The predicted molar refractivity (Wildman–Crippen MR) is 153 cm³/mol. The maximum absolute atomic E-state index is 5.12. The lowest BCUT2D eigenvalue weighted by molar-refractivity contribution is 0.197. The molecule has 1 N–H and O–H groups in total. The molecule has 5 nitrogen and oxygen atoms in total. The Morgan fingerprint density at radius 2 is 1.61 bits per heavy atom. The summed E-state index contributed by atoms with van der Waals surface area (Å²) < 4.78 is 0. The molecule has 0 amide bonds. The zero-order valence-corrected chi connectivity index (χ0v) is 21.4. The Bertz CT molecular complexity index is 1640. The van der Waals surface area contributed by atoms with Gasteiger partial charge in [-0.25, -0.2) is 4.98 Å². The molecule has 2 aliphatic heterocycles. The van der Waals surface area contributed by atoms with Gasteiger partial charge >= 0.3 is 0 Å². The Hall–Kier alpha value is -4.22. The normalized spacial score (nSPS) is 19.5. The van der Waals surface area contributed by atoms with E-state index in [0.717, 1.165) is 52.8 Å². The van der Waals surface area contributed by atoms with Crippen LogP contribution in [0.1, 0.15) is 41.9 Å². The van der Waals surface area contributed by atoms with Crippen molar-refractivity contribution in [2.75, 3.05) is 18.0 Å². The summed E-state index contributed by atoms with van der Waals surface area (Å²) in [5, 5.41) is 2.19. The molecule has 188 valence electrons. The molecule has 3 heterocycles. The molecular weight excluding hydrogens is 466 g/mol. The van der Waals surface area contributed by atoms with E-state index in [1.54, 1.807) is 0 Å². The van der Waals surface area contributed by atoms with E-state index in [2.05, 4.69) is 124 Å². The zero-order chi connectivity index (χ0) is 25.3. The number of hydrogen-bond donors (Lipinski definition) is 1. The summed E-state index contributed by atoms with van der Waals surface area (Å²) in [4.78, 5) is 18.4. The van der Waals surface area contributed by atoms with Gasteiger partial charge in [-0.05, 0) is 60.8 Å². The van der Waals surface area contributed by atoms with Crippen LogP contribution in [0.5, 0.6) is 0 Å². The number of benzene rings is 4. The molecule has 0 radical (unpaired) electrons. The molecule has 0 bridgehead atoms. The largest absolute Gasteiger partial charge is 0.342 e. The third-order valence-corrected chi connectivity index (χ3v) is 7.78. The van der Waals surface area contributed by atoms with E-state index in [9.17, 15) is 0 Å². The summed E-state index contributed by atoms with van der Waals surface area (Å²) in [6.45, 7) is 3.12. The molecule has 1 saturated heterocycles. The summed E-state index contributed by atoms with van der Waals surface area (Å²) in [6, 6.07) is 36.3. The monoisotopic (exact) mass is 497 g/mol.